The Balaban J connectivity index is 2.56. The van der Waals surface area contributed by atoms with Gasteiger partial charge < -0.3 is 0 Å². The molecule has 0 N–H and O–H groups in total. The highest BCUT2D eigenvalue weighted by molar-refractivity contribution is 7.49. The van der Waals surface area contributed by atoms with E-state index in [0.29, 0.717) is 0 Å². The zero-order chi connectivity index (χ0) is 12.1. The summed E-state index contributed by atoms with van der Waals surface area (Å²) < 4.78 is 51.6. The van der Waals surface area contributed by atoms with Crippen LogP contribution in [0.25, 0.3) is 0 Å². The van der Waals surface area contributed by atoms with Crippen molar-refractivity contribution in [1.29, 1.82) is 0 Å². The van der Waals surface area contributed by atoms with E-state index in [4.69, 9.17) is 27.1 Å². The van der Waals surface area contributed by atoms with E-state index in [1.165, 1.54) is 0 Å². The van der Waals surface area contributed by atoms with E-state index in [1.54, 1.807) is 13.8 Å². The van der Waals surface area contributed by atoms with Crippen LogP contribution < -0.4 is 0 Å². The fourth-order valence-electron chi connectivity index (χ4n) is 0.845. The molecular weight excluding hydrogens is 262 g/mol. The Morgan fingerprint density at radius 1 is 0.875 bits per heavy atom. The molecule has 0 aromatic carbocycles. The van der Waals surface area contributed by atoms with Crippen LogP contribution in [0.2, 0.25) is 0 Å². The molecule has 8 nitrogen and oxygen atoms in total. The quantitative estimate of drug-likeness (QED) is 0.722. The van der Waals surface area contributed by atoms with Crippen molar-refractivity contribution in [2.45, 2.75) is 13.8 Å². The standard InChI is InChI=1S/C6H14O8P2/c1-3-9-15(7)11-5-13-16(8,10-4-2)14-6-12-15/h3-6H2,1-2H3. The van der Waals surface area contributed by atoms with Crippen molar-refractivity contribution in [3.8, 4) is 0 Å². The highest BCUT2D eigenvalue weighted by atomic mass is 31.2. The van der Waals surface area contributed by atoms with Gasteiger partial charge in [-0.1, -0.05) is 0 Å². The molecule has 0 aliphatic carbocycles. The molecule has 16 heavy (non-hydrogen) atoms. The summed E-state index contributed by atoms with van der Waals surface area (Å²) in [5.74, 6) is 0. The normalized spacial score (nSPS) is 36.6. The molecule has 10 heteroatoms. The van der Waals surface area contributed by atoms with Crippen LogP contribution in [0.5, 0.6) is 0 Å². The first kappa shape index (κ1) is 14.3. The molecular formula is C6H14O8P2. The molecule has 1 rings (SSSR count). The topological polar surface area (TPSA) is 89.5 Å². The lowest BCUT2D eigenvalue weighted by atomic mass is 10.9. The molecule has 1 aliphatic heterocycles. The molecule has 0 spiro atoms. The summed E-state index contributed by atoms with van der Waals surface area (Å²) in [6.45, 7) is 2.40. The highest BCUT2D eigenvalue weighted by Gasteiger charge is 2.35. The van der Waals surface area contributed by atoms with Gasteiger partial charge in [-0.05, 0) is 13.8 Å². The first-order valence-corrected chi connectivity index (χ1v) is 7.53. The van der Waals surface area contributed by atoms with Crippen LogP contribution >= 0.6 is 15.6 Å². The Morgan fingerprint density at radius 2 is 1.19 bits per heavy atom. The summed E-state index contributed by atoms with van der Waals surface area (Å²) in [7, 11) is -7.37. The molecule has 0 bridgehead atoms. The first-order valence-electron chi connectivity index (χ1n) is 4.61. The summed E-state index contributed by atoms with van der Waals surface area (Å²) in [5, 5.41) is 0. The van der Waals surface area contributed by atoms with Gasteiger partial charge in [-0.2, -0.15) is 0 Å². The summed E-state index contributed by atoms with van der Waals surface area (Å²) in [5.41, 5.74) is 0. The van der Waals surface area contributed by atoms with Gasteiger partial charge in [0.2, 0.25) is 0 Å². The second kappa shape index (κ2) is 6.23. The molecule has 0 amide bonds. The van der Waals surface area contributed by atoms with Crippen LogP contribution in [0.4, 0.5) is 0 Å². The minimum atomic E-state index is -3.69. The fraction of sp³-hybridized carbons (Fsp3) is 1.00. The van der Waals surface area contributed by atoms with E-state index < -0.39 is 29.2 Å². The lowest BCUT2D eigenvalue weighted by Crippen LogP contribution is -2.11. The van der Waals surface area contributed by atoms with Crippen molar-refractivity contribution in [1.82, 2.24) is 0 Å². The molecule has 1 heterocycles. The lowest BCUT2D eigenvalue weighted by molar-refractivity contribution is -0.0391. The molecule has 1 saturated heterocycles. The number of hydrogen-bond acceptors (Lipinski definition) is 8. The van der Waals surface area contributed by atoms with E-state index >= 15 is 0 Å². The van der Waals surface area contributed by atoms with Gasteiger partial charge in [-0.3, -0.25) is 27.1 Å². The summed E-state index contributed by atoms with van der Waals surface area (Å²) in [6.07, 6.45) is 0. The van der Waals surface area contributed by atoms with E-state index in [-0.39, 0.29) is 13.2 Å². The van der Waals surface area contributed by atoms with Crippen molar-refractivity contribution in [2.75, 3.05) is 26.8 Å². The van der Waals surface area contributed by atoms with Gasteiger partial charge in [0, 0.05) is 0 Å². The molecule has 0 unspecified atom stereocenters. The number of phosphoric ester groups is 2. The first-order chi connectivity index (χ1) is 7.54. The SMILES string of the molecule is CCOP1(=O)OCOP(=O)(OCC)OCO1. The minimum Gasteiger partial charge on any atom is -0.287 e. The second-order valence-electron chi connectivity index (χ2n) is 2.48. The van der Waals surface area contributed by atoms with Gasteiger partial charge in [0.1, 0.15) is 0 Å². The van der Waals surface area contributed by atoms with Crippen LogP contribution in [-0.4, -0.2) is 26.8 Å². The minimum absolute atomic E-state index is 0.139. The van der Waals surface area contributed by atoms with Crippen molar-refractivity contribution in [3.63, 3.8) is 0 Å². The van der Waals surface area contributed by atoms with Crippen LogP contribution in [0.1, 0.15) is 13.8 Å². The Labute approximate surface area is 93.3 Å². The van der Waals surface area contributed by atoms with Gasteiger partial charge >= 0.3 is 15.6 Å². The number of hydrogen-bond donors (Lipinski definition) is 0. The predicted octanol–water partition coefficient (Wildman–Crippen LogP) is 2.27. The van der Waals surface area contributed by atoms with Gasteiger partial charge in [0.25, 0.3) is 0 Å². The van der Waals surface area contributed by atoms with Crippen LogP contribution in [-0.2, 0) is 36.3 Å². The highest BCUT2D eigenvalue weighted by Crippen LogP contribution is 2.56. The third-order valence-electron chi connectivity index (χ3n) is 1.42. The van der Waals surface area contributed by atoms with Gasteiger partial charge in [0.15, 0.2) is 13.6 Å². The summed E-state index contributed by atoms with van der Waals surface area (Å²) in [6, 6.07) is 0. The molecule has 0 saturated carbocycles. The molecule has 0 atom stereocenters. The Hall–Kier alpha value is 0.220. The van der Waals surface area contributed by atoms with Crippen LogP contribution in [0.3, 0.4) is 0 Å². The maximum absolute atomic E-state index is 11.6. The average molecular weight is 276 g/mol. The van der Waals surface area contributed by atoms with Gasteiger partial charge in [-0.15, -0.1) is 0 Å². The maximum atomic E-state index is 11.6. The monoisotopic (exact) mass is 276 g/mol. The second-order valence-corrected chi connectivity index (χ2v) is 5.82. The maximum Gasteiger partial charge on any atom is 0.479 e. The van der Waals surface area contributed by atoms with E-state index in [2.05, 4.69) is 0 Å². The third kappa shape index (κ3) is 4.24. The molecule has 0 aromatic heterocycles. The average Bonchev–Trinajstić information content (AvgIpc) is 2.16. The Kier molecular flexibility index (Phi) is 5.56. The third-order valence-corrected chi connectivity index (χ3v) is 4.25. The molecule has 1 fully saturated rings. The zero-order valence-corrected chi connectivity index (χ0v) is 10.8. The van der Waals surface area contributed by atoms with Gasteiger partial charge in [-0.25, -0.2) is 9.13 Å². The number of phosphoric acid groups is 2. The summed E-state index contributed by atoms with van der Waals surface area (Å²) in [4.78, 5) is 0. The van der Waals surface area contributed by atoms with E-state index in [0.717, 1.165) is 0 Å². The number of rotatable bonds is 4. The van der Waals surface area contributed by atoms with Crippen molar-refractivity contribution < 1.29 is 36.3 Å². The smallest absolute Gasteiger partial charge is 0.287 e. The fourth-order valence-corrected chi connectivity index (χ4v) is 2.82. The molecule has 1 aliphatic rings. The van der Waals surface area contributed by atoms with Gasteiger partial charge in [0.05, 0.1) is 13.2 Å². The Bertz CT molecular complexity index is 259. The lowest BCUT2D eigenvalue weighted by Gasteiger charge is -2.23. The van der Waals surface area contributed by atoms with E-state index in [1.807, 2.05) is 0 Å². The molecule has 0 radical (unpaired) electrons. The van der Waals surface area contributed by atoms with Crippen molar-refractivity contribution in [2.24, 2.45) is 0 Å². The Morgan fingerprint density at radius 3 is 1.44 bits per heavy atom. The van der Waals surface area contributed by atoms with Crippen LogP contribution in [0, 0.1) is 0 Å². The predicted molar refractivity (Wildman–Crippen MR) is 52.5 cm³/mol. The molecule has 0 aromatic rings. The zero-order valence-electron chi connectivity index (χ0n) is 8.99. The van der Waals surface area contributed by atoms with Crippen molar-refractivity contribution >= 4 is 15.6 Å². The largest absolute Gasteiger partial charge is 0.479 e. The van der Waals surface area contributed by atoms with E-state index in [9.17, 15) is 9.13 Å². The van der Waals surface area contributed by atoms with Crippen molar-refractivity contribution in [3.05, 3.63) is 0 Å². The summed E-state index contributed by atoms with van der Waals surface area (Å²) >= 11 is 0. The molecule has 96 valence electrons. The van der Waals surface area contributed by atoms with Crippen LogP contribution in [0.15, 0.2) is 0 Å².